The van der Waals surface area contributed by atoms with Gasteiger partial charge in [0.2, 0.25) is 0 Å². The molecule has 148 valence electrons. The van der Waals surface area contributed by atoms with Crippen LogP contribution in [-0.2, 0) is 19.4 Å². The zero-order valence-corrected chi connectivity index (χ0v) is 16.2. The fraction of sp³-hybridized carbons (Fsp3) is 0.318. The van der Waals surface area contributed by atoms with Crippen LogP contribution in [0.5, 0.6) is 0 Å². The van der Waals surface area contributed by atoms with Gasteiger partial charge in [0.25, 0.3) is 0 Å². The normalized spacial score (nSPS) is 12.7. The lowest BCUT2D eigenvalue weighted by molar-refractivity contribution is 0.252. The molecule has 1 aliphatic rings. The van der Waals surface area contributed by atoms with E-state index in [0.29, 0.717) is 25.9 Å². The Morgan fingerprint density at radius 3 is 3.10 bits per heavy atom. The molecule has 3 heterocycles. The number of pyridine rings is 1. The molecule has 0 radical (unpaired) electrons. The van der Waals surface area contributed by atoms with Gasteiger partial charge in [0, 0.05) is 43.3 Å². The lowest BCUT2D eigenvalue weighted by Gasteiger charge is -2.17. The highest BCUT2D eigenvalue weighted by atomic mass is 16.2. The third-order valence-electron chi connectivity index (χ3n) is 5.14. The van der Waals surface area contributed by atoms with Gasteiger partial charge < -0.3 is 20.5 Å². The van der Waals surface area contributed by atoms with E-state index < -0.39 is 0 Å². The first-order chi connectivity index (χ1) is 14.2. The minimum atomic E-state index is -0.238. The second-order valence-corrected chi connectivity index (χ2v) is 7.13. The molecule has 1 aliphatic heterocycles. The Labute approximate surface area is 169 Å². The maximum Gasteiger partial charge on any atom is 0.319 e. The first-order valence-electron chi connectivity index (χ1n) is 9.97. The number of rotatable bonds is 6. The molecule has 2 aromatic heterocycles. The van der Waals surface area contributed by atoms with Gasteiger partial charge in [-0.25, -0.2) is 9.78 Å². The molecule has 0 spiro atoms. The summed E-state index contributed by atoms with van der Waals surface area (Å²) >= 11 is 0. The number of aromatic nitrogens is 2. The minimum absolute atomic E-state index is 0.238. The molecule has 2 amide bonds. The lowest BCUT2D eigenvalue weighted by Crippen LogP contribution is -2.30. The Bertz CT molecular complexity index is 1060. The van der Waals surface area contributed by atoms with Gasteiger partial charge >= 0.3 is 6.03 Å². The maximum atomic E-state index is 12.4. The van der Waals surface area contributed by atoms with Crippen molar-refractivity contribution < 1.29 is 4.79 Å². The van der Waals surface area contributed by atoms with E-state index in [2.05, 4.69) is 33.1 Å². The Hall–Kier alpha value is -3.53. The van der Waals surface area contributed by atoms with Gasteiger partial charge in [-0.2, -0.15) is 5.26 Å². The Balaban J connectivity index is 1.34. The van der Waals surface area contributed by atoms with E-state index >= 15 is 0 Å². The lowest BCUT2D eigenvalue weighted by atomic mass is 10.1. The molecule has 29 heavy (non-hydrogen) atoms. The second-order valence-electron chi connectivity index (χ2n) is 7.13. The predicted octanol–water partition coefficient (Wildman–Crippen LogP) is 3.67. The number of amides is 2. The summed E-state index contributed by atoms with van der Waals surface area (Å²) in [5.41, 5.74) is 3.99. The summed E-state index contributed by atoms with van der Waals surface area (Å²) in [5.74, 6) is 0.978. The molecule has 7 heteroatoms. The maximum absolute atomic E-state index is 12.4. The number of carbonyl (C=O) groups excluding carboxylic acids is 1. The number of hydrogen-bond donors (Lipinski definition) is 3. The van der Waals surface area contributed by atoms with Gasteiger partial charge in [0.05, 0.1) is 23.7 Å². The molecular weight excluding hydrogens is 364 g/mol. The molecule has 3 N–H and O–H groups in total. The number of nitrogens with zero attached hydrogens (tertiary/aromatic N) is 3. The standard InChI is InChI=1S/C22H24N6O/c23-11-3-14-28-15-10-18-19(5-1-6-20(18)28)27-22(29)25-13-9-17-8-7-16-4-2-12-24-21(16)26-17/h1,5-8,10,15H,2-4,9,12-14H2,(H,24,26)(H2,25,27,29). The number of nitrogens with one attached hydrogen (secondary N) is 3. The van der Waals surface area contributed by atoms with E-state index in [-0.39, 0.29) is 6.03 Å². The largest absolute Gasteiger partial charge is 0.370 e. The quantitative estimate of drug-likeness (QED) is 0.600. The average molecular weight is 388 g/mol. The number of urea groups is 1. The number of carbonyl (C=O) groups is 1. The van der Waals surface area contributed by atoms with Crippen molar-refractivity contribution in [2.45, 2.75) is 32.2 Å². The molecule has 0 unspecified atom stereocenters. The summed E-state index contributed by atoms with van der Waals surface area (Å²) in [4.78, 5) is 17.0. The Morgan fingerprint density at radius 2 is 2.21 bits per heavy atom. The van der Waals surface area contributed by atoms with Crippen LogP contribution < -0.4 is 16.0 Å². The molecule has 0 saturated heterocycles. The molecule has 0 bridgehead atoms. The average Bonchev–Trinajstić information content (AvgIpc) is 3.16. The number of nitriles is 1. The molecular formula is C22H24N6O. The molecule has 0 atom stereocenters. The van der Waals surface area contributed by atoms with Crippen molar-refractivity contribution >= 4 is 28.4 Å². The van der Waals surface area contributed by atoms with E-state index in [4.69, 9.17) is 5.26 Å². The van der Waals surface area contributed by atoms with Gasteiger partial charge in [-0.1, -0.05) is 12.1 Å². The molecule has 7 nitrogen and oxygen atoms in total. The van der Waals surface area contributed by atoms with E-state index in [1.807, 2.05) is 41.1 Å². The summed E-state index contributed by atoms with van der Waals surface area (Å²) in [6, 6.07) is 13.8. The summed E-state index contributed by atoms with van der Waals surface area (Å²) in [6.45, 7) is 2.11. The molecule has 4 rings (SSSR count). The van der Waals surface area contributed by atoms with Crippen LogP contribution in [0, 0.1) is 11.3 Å². The summed E-state index contributed by atoms with van der Waals surface area (Å²) in [6.07, 6.45) is 5.29. The van der Waals surface area contributed by atoms with E-state index in [1.165, 1.54) is 5.56 Å². The van der Waals surface area contributed by atoms with Gasteiger partial charge in [-0.3, -0.25) is 0 Å². The SMILES string of the molecule is N#CCCn1ccc2c(NC(=O)NCCc3ccc4c(n3)NCCC4)cccc21. The zero-order valence-electron chi connectivity index (χ0n) is 16.2. The topological polar surface area (TPSA) is 94.8 Å². The van der Waals surface area contributed by atoms with Crippen LogP contribution in [0.2, 0.25) is 0 Å². The monoisotopic (exact) mass is 388 g/mol. The highest BCUT2D eigenvalue weighted by Crippen LogP contribution is 2.25. The summed E-state index contributed by atoms with van der Waals surface area (Å²) < 4.78 is 2.03. The number of anilines is 2. The molecule has 0 fully saturated rings. The van der Waals surface area contributed by atoms with Crippen LogP contribution in [0.15, 0.2) is 42.6 Å². The van der Waals surface area contributed by atoms with Crippen LogP contribution in [0.4, 0.5) is 16.3 Å². The number of benzene rings is 1. The van der Waals surface area contributed by atoms with Crippen molar-refractivity contribution in [3.8, 4) is 6.07 Å². The van der Waals surface area contributed by atoms with Crippen molar-refractivity contribution in [2.24, 2.45) is 0 Å². The van der Waals surface area contributed by atoms with Crippen molar-refractivity contribution in [2.75, 3.05) is 23.7 Å². The van der Waals surface area contributed by atoms with Crippen molar-refractivity contribution in [1.29, 1.82) is 5.26 Å². The summed E-state index contributed by atoms with van der Waals surface area (Å²) in [7, 11) is 0. The van der Waals surface area contributed by atoms with Gasteiger partial charge in [0.1, 0.15) is 5.82 Å². The van der Waals surface area contributed by atoms with Crippen molar-refractivity contribution in [3.63, 3.8) is 0 Å². The fourth-order valence-corrected chi connectivity index (χ4v) is 3.68. The van der Waals surface area contributed by atoms with Crippen LogP contribution in [0.25, 0.3) is 10.9 Å². The van der Waals surface area contributed by atoms with E-state index in [1.54, 1.807) is 0 Å². The third kappa shape index (κ3) is 4.32. The molecule has 0 aliphatic carbocycles. The smallest absolute Gasteiger partial charge is 0.319 e. The first-order valence-corrected chi connectivity index (χ1v) is 9.97. The van der Waals surface area contributed by atoms with Gasteiger partial charge in [0.15, 0.2) is 0 Å². The van der Waals surface area contributed by atoms with Crippen LogP contribution in [0.1, 0.15) is 24.1 Å². The number of fused-ring (bicyclic) bond motifs is 2. The van der Waals surface area contributed by atoms with Crippen molar-refractivity contribution in [3.05, 3.63) is 53.9 Å². The number of aryl methyl sites for hydroxylation is 2. The highest BCUT2D eigenvalue weighted by Gasteiger charge is 2.11. The zero-order chi connectivity index (χ0) is 20.1. The van der Waals surface area contributed by atoms with E-state index in [0.717, 1.165) is 47.5 Å². The van der Waals surface area contributed by atoms with Crippen LogP contribution in [-0.4, -0.2) is 28.7 Å². The van der Waals surface area contributed by atoms with Crippen LogP contribution in [0.3, 0.4) is 0 Å². The molecule has 1 aromatic carbocycles. The minimum Gasteiger partial charge on any atom is -0.370 e. The Morgan fingerprint density at radius 1 is 1.28 bits per heavy atom. The second kappa shape index (κ2) is 8.65. The highest BCUT2D eigenvalue weighted by molar-refractivity contribution is 6.00. The Kier molecular flexibility index (Phi) is 5.61. The number of hydrogen-bond acceptors (Lipinski definition) is 4. The van der Waals surface area contributed by atoms with E-state index in [9.17, 15) is 4.79 Å². The first kappa shape index (κ1) is 18.8. The molecule has 3 aromatic rings. The van der Waals surface area contributed by atoms with Gasteiger partial charge in [-0.05, 0) is 42.7 Å². The van der Waals surface area contributed by atoms with Crippen molar-refractivity contribution in [1.82, 2.24) is 14.9 Å². The van der Waals surface area contributed by atoms with Gasteiger partial charge in [-0.15, -0.1) is 0 Å². The predicted molar refractivity (Wildman–Crippen MR) is 114 cm³/mol. The van der Waals surface area contributed by atoms with Crippen LogP contribution >= 0.6 is 0 Å². The molecule has 0 saturated carbocycles. The fourth-order valence-electron chi connectivity index (χ4n) is 3.68. The third-order valence-corrected chi connectivity index (χ3v) is 5.14. The summed E-state index contributed by atoms with van der Waals surface area (Å²) in [5, 5.41) is 18.9.